The van der Waals surface area contributed by atoms with Gasteiger partial charge in [0.05, 0.1) is 19.8 Å². The lowest BCUT2D eigenvalue weighted by Gasteiger charge is -2.21. The molecule has 11 nitrogen and oxygen atoms in total. The summed E-state index contributed by atoms with van der Waals surface area (Å²) in [6.07, 6.45) is 62.3. The van der Waals surface area contributed by atoms with E-state index in [2.05, 4.69) is 118 Å². The molecule has 0 spiro atoms. The first-order valence-electron chi connectivity index (χ1n) is 28.1. The van der Waals surface area contributed by atoms with E-state index in [4.69, 9.17) is 23.3 Å². The molecule has 0 heterocycles. The third-order valence-corrected chi connectivity index (χ3v) is 12.5. The van der Waals surface area contributed by atoms with Crippen molar-refractivity contribution >= 4 is 25.7 Å². The zero-order valence-electron chi connectivity index (χ0n) is 45.4. The largest absolute Gasteiger partial charge is 0.472 e. The molecule has 0 fully saturated rings. The third-order valence-electron chi connectivity index (χ3n) is 11.5. The first-order chi connectivity index (χ1) is 35.2. The van der Waals surface area contributed by atoms with Gasteiger partial charge in [0.25, 0.3) is 0 Å². The third kappa shape index (κ3) is 51.3. The van der Waals surface area contributed by atoms with E-state index in [1.54, 1.807) is 0 Å². The molecule has 0 aromatic rings. The molecule has 0 radical (unpaired) electrons. The number of aliphatic hydroxyl groups excluding tert-OH is 1. The van der Waals surface area contributed by atoms with Crippen LogP contribution in [0.1, 0.15) is 226 Å². The number of phosphoric acid groups is 1. The van der Waals surface area contributed by atoms with E-state index in [9.17, 15) is 28.9 Å². The SMILES string of the molecule is CC/C=C\C/C=C\C/C=C\C/C=C\C/C=C\CCCCCC(=O)OC(COC(=O)CCCCCCCCCCCCCCC)COP(=O)(O)OCC(CO)OC(=O)CCCCC/C=C\C/C=C\C/C=C\CC. The Morgan fingerprint density at radius 2 is 0.722 bits per heavy atom. The highest BCUT2D eigenvalue weighted by Crippen LogP contribution is 2.43. The van der Waals surface area contributed by atoms with E-state index in [0.29, 0.717) is 19.3 Å². The molecule has 0 aliphatic carbocycles. The topological polar surface area (TPSA) is 155 Å². The Morgan fingerprint density at radius 3 is 1.11 bits per heavy atom. The minimum atomic E-state index is -4.77. The molecule has 0 aromatic carbocycles. The van der Waals surface area contributed by atoms with Crippen LogP contribution in [0.4, 0.5) is 0 Å². The normalized spacial score (nSPS) is 14.1. The first-order valence-corrected chi connectivity index (χ1v) is 29.6. The zero-order chi connectivity index (χ0) is 52.7. The fraction of sp³-hybridized carbons (Fsp3) is 0.683. The molecular formula is C60H101O11P. The minimum absolute atomic E-state index is 0.123. The Hall–Kier alpha value is -3.60. The summed E-state index contributed by atoms with van der Waals surface area (Å²) in [4.78, 5) is 48.5. The Bertz CT molecular complexity index is 1580. The van der Waals surface area contributed by atoms with Crippen molar-refractivity contribution in [1.29, 1.82) is 0 Å². The molecule has 3 unspecified atom stereocenters. The highest BCUT2D eigenvalue weighted by atomic mass is 31.2. The van der Waals surface area contributed by atoms with Crippen molar-refractivity contribution in [2.45, 2.75) is 238 Å². The van der Waals surface area contributed by atoms with E-state index in [1.165, 1.54) is 57.8 Å². The summed E-state index contributed by atoms with van der Waals surface area (Å²) in [7, 11) is -4.77. The number of hydrogen-bond acceptors (Lipinski definition) is 10. The van der Waals surface area contributed by atoms with Crippen LogP contribution in [0, 0.1) is 0 Å². The van der Waals surface area contributed by atoms with Gasteiger partial charge in [-0.2, -0.15) is 0 Å². The molecule has 0 aromatic heterocycles. The number of aliphatic hydroxyl groups is 1. The maximum absolute atomic E-state index is 12.9. The van der Waals surface area contributed by atoms with Crippen molar-refractivity contribution in [1.82, 2.24) is 0 Å². The average molecular weight is 1030 g/mol. The van der Waals surface area contributed by atoms with Crippen LogP contribution in [0.5, 0.6) is 0 Å². The summed E-state index contributed by atoms with van der Waals surface area (Å²) in [6, 6.07) is 0. The summed E-state index contributed by atoms with van der Waals surface area (Å²) < 4.78 is 39.4. The van der Waals surface area contributed by atoms with E-state index in [1.807, 2.05) is 0 Å². The maximum atomic E-state index is 12.9. The molecule has 412 valence electrons. The highest BCUT2D eigenvalue weighted by molar-refractivity contribution is 7.47. The predicted octanol–water partition coefficient (Wildman–Crippen LogP) is 16.5. The van der Waals surface area contributed by atoms with Crippen LogP contribution in [0.2, 0.25) is 0 Å². The van der Waals surface area contributed by atoms with Crippen molar-refractivity contribution in [3.05, 3.63) is 97.2 Å². The van der Waals surface area contributed by atoms with Gasteiger partial charge in [0, 0.05) is 19.3 Å². The second-order valence-electron chi connectivity index (χ2n) is 18.3. The van der Waals surface area contributed by atoms with Gasteiger partial charge in [0.1, 0.15) is 12.7 Å². The molecule has 0 amide bonds. The van der Waals surface area contributed by atoms with E-state index in [0.717, 1.165) is 109 Å². The summed E-state index contributed by atoms with van der Waals surface area (Å²) in [6.45, 7) is 4.34. The van der Waals surface area contributed by atoms with Gasteiger partial charge >= 0.3 is 25.7 Å². The lowest BCUT2D eigenvalue weighted by atomic mass is 10.0. The van der Waals surface area contributed by atoms with E-state index >= 15 is 0 Å². The molecule has 12 heteroatoms. The van der Waals surface area contributed by atoms with Crippen LogP contribution in [0.15, 0.2) is 97.2 Å². The Morgan fingerprint density at radius 1 is 0.403 bits per heavy atom. The number of hydrogen-bond donors (Lipinski definition) is 2. The zero-order valence-corrected chi connectivity index (χ0v) is 46.3. The minimum Gasteiger partial charge on any atom is -0.462 e. The van der Waals surface area contributed by atoms with Crippen LogP contribution in [-0.4, -0.2) is 66.5 Å². The summed E-state index contributed by atoms with van der Waals surface area (Å²) in [5.41, 5.74) is 0. The first kappa shape index (κ1) is 68.4. The van der Waals surface area contributed by atoms with Crippen molar-refractivity contribution in [2.24, 2.45) is 0 Å². The Labute approximate surface area is 438 Å². The molecule has 0 aliphatic rings. The van der Waals surface area contributed by atoms with Gasteiger partial charge < -0.3 is 24.2 Å². The Kier molecular flexibility index (Phi) is 51.0. The van der Waals surface area contributed by atoms with Crippen LogP contribution >= 0.6 is 7.82 Å². The van der Waals surface area contributed by atoms with E-state index < -0.39 is 57.8 Å². The molecule has 0 saturated carbocycles. The van der Waals surface area contributed by atoms with Crippen molar-refractivity contribution in [3.8, 4) is 0 Å². The fourth-order valence-corrected chi connectivity index (χ4v) is 8.06. The number of allylic oxidation sites excluding steroid dienone is 16. The number of esters is 3. The summed E-state index contributed by atoms with van der Waals surface area (Å²) >= 11 is 0. The van der Waals surface area contributed by atoms with Crippen molar-refractivity contribution < 1.29 is 52.2 Å². The molecular weight excluding hydrogens is 928 g/mol. The number of carbonyl (C=O) groups is 3. The summed E-state index contributed by atoms with van der Waals surface area (Å²) in [5.74, 6) is -1.54. The van der Waals surface area contributed by atoms with Gasteiger partial charge in [0.2, 0.25) is 0 Å². The standard InChI is InChI=1S/C60H101O11P/c1-4-7-10-13-16-19-22-25-26-27-28-29-30-33-36-39-42-45-48-51-60(64)71-57(53-67-58(62)49-46-43-40-37-34-31-23-20-17-14-11-8-5-2)55-69-72(65,66)68-54-56(52-61)70-59(63)50-47-44-41-38-35-32-24-21-18-15-12-9-6-3/h7,9-10,12,16,18-19,21,25-26,28-29,32-33,35-36,56-57,61H,4-6,8,11,13-15,17,20,22-24,27,30-31,34,37-55H2,1-3H3,(H,65,66)/b10-7-,12-9-,19-16-,21-18-,26-25-,29-28-,35-32-,36-33-. The molecule has 2 N–H and O–H groups in total. The maximum Gasteiger partial charge on any atom is 0.472 e. The monoisotopic (exact) mass is 1030 g/mol. The van der Waals surface area contributed by atoms with Gasteiger partial charge in [-0.3, -0.25) is 23.4 Å². The molecule has 0 rings (SSSR count). The van der Waals surface area contributed by atoms with E-state index in [-0.39, 0.29) is 25.9 Å². The Balaban J connectivity index is 4.82. The fourth-order valence-electron chi connectivity index (χ4n) is 7.28. The van der Waals surface area contributed by atoms with Gasteiger partial charge in [-0.25, -0.2) is 4.57 Å². The molecule has 72 heavy (non-hydrogen) atoms. The van der Waals surface area contributed by atoms with Crippen molar-refractivity contribution in [2.75, 3.05) is 26.4 Å². The van der Waals surface area contributed by atoms with Crippen LogP contribution in [-0.2, 0) is 42.2 Å². The van der Waals surface area contributed by atoms with Crippen LogP contribution < -0.4 is 0 Å². The van der Waals surface area contributed by atoms with Gasteiger partial charge in [-0.1, -0.05) is 208 Å². The van der Waals surface area contributed by atoms with Gasteiger partial charge in [0.15, 0.2) is 6.10 Å². The van der Waals surface area contributed by atoms with Crippen LogP contribution in [0.3, 0.4) is 0 Å². The quantitative estimate of drug-likeness (QED) is 0.0197. The van der Waals surface area contributed by atoms with Crippen LogP contribution in [0.25, 0.3) is 0 Å². The van der Waals surface area contributed by atoms with Gasteiger partial charge in [-0.05, 0) is 96.3 Å². The molecule has 3 atom stereocenters. The lowest BCUT2D eigenvalue weighted by Crippen LogP contribution is -2.30. The summed E-state index contributed by atoms with van der Waals surface area (Å²) in [5, 5.41) is 9.79. The smallest absolute Gasteiger partial charge is 0.462 e. The van der Waals surface area contributed by atoms with Gasteiger partial charge in [-0.15, -0.1) is 0 Å². The number of phosphoric ester groups is 1. The second kappa shape index (κ2) is 53.7. The second-order valence-corrected chi connectivity index (χ2v) is 19.8. The predicted molar refractivity (Wildman–Crippen MR) is 297 cm³/mol. The lowest BCUT2D eigenvalue weighted by molar-refractivity contribution is -0.161. The van der Waals surface area contributed by atoms with Crippen molar-refractivity contribution in [3.63, 3.8) is 0 Å². The number of unbranched alkanes of at least 4 members (excludes halogenated alkanes) is 18. The molecule has 0 aliphatic heterocycles. The average Bonchev–Trinajstić information content (AvgIpc) is 3.37. The number of rotatable bonds is 51. The molecule has 0 saturated heterocycles. The number of ether oxygens (including phenoxy) is 3. The number of carbonyl (C=O) groups excluding carboxylic acids is 3. The highest BCUT2D eigenvalue weighted by Gasteiger charge is 2.28. The molecule has 0 bridgehead atoms.